The number of hydrogen-bond donors (Lipinski definition) is 1. The molecule has 1 unspecified atom stereocenters. The second-order valence-corrected chi connectivity index (χ2v) is 6.54. The summed E-state index contributed by atoms with van der Waals surface area (Å²) in [4.78, 5) is 5.12. The molecule has 2 fully saturated rings. The molecule has 1 aliphatic heterocycles. The van der Waals surface area contributed by atoms with E-state index in [1.54, 1.807) is 14.2 Å². The molecule has 1 heterocycles. The van der Waals surface area contributed by atoms with Crippen molar-refractivity contribution < 1.29 is 9.47 Å². The van der Waals surface area contributed by atoms with Crippen molar-refractivity contribution in [2.75, 3.05) is 53.5 Å². The highest BCUT2D eigenvalue weighted by Gasteiger charge is 2.36. The van der Waals surface area contributed by atoms with Crippen LogP contribution in [0.3, 0.4) is 0 Å². The smallest absolute Gasteiger partial charge is 0.158 e. The first kappa shape index (κ1) is 16.2. The molecule has 0 aromatic carbocycles. The molecular formula is C15H31N3O2. The van der Waals surface area contributed by atoms with Gasteiger partial charge in [-0.15, -0.1) is 0 Å². The second-order valence-electron chi connectivity index (χ2n) is 6.54. The van der Waals surface area contributed by atoms with Crippen molar-refractivity contribution in [3.8, 4) is 0 Å². The van der Waals surface area contributed by atoms with Crippen molar-refractivity contribution in [2.45, 2.75) is 38.0 Å². The van der Waals surface area contributed by atoms with Gasteiger partial charge in [0, 0.05) is 65.4 Å². The quantitative estimate of drug-likeness (QED) is 0.667. The summed E-state index contributed by atoms with van der Waals surface area (Å²) in [5.41, 5.74) is 6.02. The fourth-order valence-corrected chi connectivity index (χ4v) is 3.10. The zero-order valence-electron chi connectivity index (χ0n) is 13.3. The Morgan fingerprint density at radius 1 is 1.15 bits per heavy atom. The summed E-state index contributed by atoms with van der Waals surface area (Å²) in [7, 11) is 3.39. The van der Waals surface area contributed by atoms with Crippen molar-refractivity contribution in [1.29, 1.82) is 0 Å². The SMILES string of the molecule is COC(CC(C)(CN)N1CCN(CC2CC2)CC1)OC. The first-order valence-electron chi connectivity index (χ1n) is 7.84. The normalized spacial score (nSPS) is 25.1. The number of methoxy groups -OCH3 is 2. The topological polar surface area (TPSA) is 51.0 Å². The molecule has 0 amide bonds. The molecule has 2 rings (SSSR count). The Balaban J connectivity index is 1.84. The van der Waals surface area contributed by atoms with Crippen molar-refractivity contribution in [2.24, 2.45) is 11.7 Å². The van der Waals surface area contributed by atoms with E-state index in [1.807, 2.05) is 0 Å². The van der Waals surface area contributed by atoms with Gasteiger partial charge in [-0.2, -0.15) is 0 Å². The highest BCUT2D eigenvalue weighted by atomic mass is 16.7. The van der Waals surface area contributed by atoms with E-state index in [0.29, 0.717) is 6.54 Å². The van der Waals surface area contributed by atoms with Crippen LogP contribution in [-0.4, -0.2) is 75.1 Å². The molecule has 5 heteroatoms. The average molecular weight is 285 g/mol. The molecule has 118 valence electrons. The first-order valence-corrected chi connectivity index (χ1v) is 7.84. The van der Waals surface area contributed by atoms with Gasteiger partial charge in [-0.3, -0.25) is 4.90 Å². The molecule has 0 spiro atoms. The molecule has 2 aliphatic rings. The lowest BCUT2D eigenvalue weighted by molar-refractivity contribution is -0.131. The number of rotatable bonds is 8. The van der Waals surface area contributed by atoms with E-state index in [1.165, 1.54) is 19.4 Å². The van der Waals surface area contributed by atoms with Crippen LogP contribution in [-0.2, 0) is 9.47 Å². The molecule has 0 aromatic heterocycles. The molecule has 5 nitrogen and oxygen atoms in total. The van der Waals surface area contributed by atoms with Crippen LogP contribution in [0.1, 0.15) is 26.2 Å². The molecule has 0 radical (unpaired) electrons. The zero-order valence-corrected chi connectivity index (χ0v) is 13.3. The fraction of sp³-hybridized carbons (Fsp3) is 1.00. The zero-order chi connectivity index (χ0) is 14.6. The van der Waals surface area contributed by atoms with Crippen LogP contribution in [0.4, 0.5) is 0 Å². The fourth-order valence-electron chi connectivity index (χ4n) is 3.10. The average Bonchev–Trinajstić information content (AvgIpc) is 3.29. The van der Waals surface area contributed by atoms with E-state index in [9.17, 15) is 0 Å². The largest absolute Gasteiger partial charge is 0.356 e. The summed E-state index contributed by atoms with van der Waals surface area (Å²) >= 11 is 0. The van der Waals surface area contributed by atoms with E-state index < -0.39 is 0 Å². The third-order valence-electron chi connectivity index (χ3n) is 4.92. The maximum atomic E-state index is 6.05. The van der Waals surface area contributed by atoms with Crippen LogP contribution >= 0.6 is 0 Å². The molecule has 2 N–H and O–H groups in total. The summed E-state index contributed by atoms with van der Waals surface area (Å²) in [5.74, 6) is 0.980. The lowest BCUT2D eigenvalue weighted by Gasteiger charge is -2.46. The van der Waals surface area contributed by atoms with E-state index in [-0.39, 0.29) is 11.8 Å². The minimum Gasteiger partial charge on any atom is -0.356 e. The van der Waals surface area contributed by atoms with Gasteiger partial charge >= 0.3 is 0 Å². The van der Waals surface area contributed by atoms with Gasteiger partial charge in [0.1, 0.15) is 0 Å². The Labute approximate surface area is 123 Å². The highest BCUT2D eigenvalue weighted by Crippen LogP contribution is 2.30. The van der Waals surface area contributed by atoms with Crippen LogP contribution in [0.15, 0.2) is 0 Å². The van der Waals surface area contributed by atoms with Crippen molar-refractivity contribution in [1.82, 2.24) is 9.80 Å². The number of nitrogens with zero attached hydrogens (tertiary/aromatic N) is 2. The summed E-state index contributed by atoms with van der Waals surface area (Å²) in [6, 6.07) is 0. The number of ether oxygens (including phenoxy) is 2. The predicted octanol–water partition coefficient (Wildman–Crippen LogP) is 0.740. The minimum atomic E-state index is -0.173. The highest BCUT2D eigenvalue weighted by molar-refractivity contribution is 4.92. The summed E-state index contributed by atoms with van der Waals surface area (Å²) < 4.78 is 10.7. The number of piperazine rings is 1. The Morgan fingerprint density at radius 2 is 1.75 bits per heavy atom. The van der Waals surface area contributed by atoms with Gasteiger partial charge in [-0.05, 0) is 25.7 Å². The number of hydrogen-bond acceptors (Lipinski definition) is 5. The molecule has 1 saturated carbocycles. The van der Waals surface area contributed by atoms with Crippen LogP contribution in [0.5, 0.6) is 0 Å². The predicted molar refractivity (Wildman–Crippen MR) is 80.6 cm³/mol. The van der Waals surface area contributed by atoms with Crippen molar-refractivity contribution in [3.05, 3.63) is 0 Å². The molecule has 1 saturated heterocycles. The monoisotopic (exact) mass is 285 g/mol. The molecule has 1 aliphatic carbocycles. The van der Waals surface area contributed by atoms with Crippen LogP contribution < -0.4 is 5.73 Å². The van der Waals surface area contributed by atoms with E-state index >= 15 is 0 Å². The van der Waals surface area contributed by atoms with Crippen LogP contribution in [0, 0.1) is 5.92 Å². The lowest BCUT2D eigenvalue weighted by atomic mass is 9.94. The van der Waals surface area contributed by atoms with Crippen molar-refractivity contribution in [3.63, 3.8) is 0 Å². The maximum absolute atomic E-state index is 6.05. The Bertz CT molecular complexity index is 287. The van der Waals surface area contributed by atoms with Gasteiger partial charge in [0.25, 0.3) is 0 Å². The Hall–Kier alpha value is -0.200. The van der Waals surface area contributed by atoms with E-state index in [4.69, 9.17) is 15.2 Å². The third-order valence-corrected chi connectivity index (χ3v) is 4.92. The van der Waals surface area contributed by atoms with Gasteiger partial charge in [-0.1, -0.05) is 0 Å². The van der Waals surface area contributed by atoms with Crippen LogP contribution in [0.2, 0.25) is 0 Å². The summed E-state index contributed by atoms with van der Waals surface area (Å²) in [6.45, 7) is 8.69. The second kappa shape index (κ2) is 7.18. The number of nitrogens with two attached hydrogens (primary N) is 1. The molecule has 0 bridgehead atoms. The third kappa shape index (κ3) is 4.15. The standard InChI is InChI=1S/C15H31N3O2/c1-15(12-16,10-14(19-2)20-3)18-8-6-17(7-9-18)11-13-4-5-13/h13-14H,4-12,16H2,1-3H3. The van der Waals surface area contributed by atoms with E-state index in [0.717, 1.165) is 38.5 Å². The maximum Gasteiger partial charge on any atom is 0.158 e. The molecule has 20 heavy (non-hydrogen) atoms. The molecule has 0 aromatic rings. The van der Waals surface area contributed by atoms with Gasteiger partial charge in [0.05, 0.1) is 0 Å². The van der Waals surface area contributed by atoms with Gasteiger partial charge in [0.15, 0.2) is 6.29 Å². The lowest BCUT2D eigenvalue weighted by Crippen LogP contribution is -2.60. The van der Waals surface area contributed by atoms with Crippen LogP contribution in [0.25, 0.3) is 0 Å². The first-order chi connectivity index (χ1) is 9.61. The van der Waals surface area contributed by atoms with Gasteiger partial charge < -0.3 is 20.1 Å². The molecular weight excluding hydrogens is 254 g/mol. The summed E-state index contributed by atoms with van der Waals surface area (Å²) in [5, 5.41) is 0. The summed E-state index contributed by atoms with van der Waals surface area (Å²) in [6.07, 6.45) is 3.51. The Morgan fingerprint density at radius 3 is 2.20 bits per heavy atom. The molecule has 1 atom stereocenters. The van der Waals surface area contributed by atoms with E-state index in [2.05, 4.69) is 16.7 Å². The van der Waals surface area contributed by atoms with Crippen molar-refractivity contribution >= 4 is 0 Å². The Kier molecular flexibility index (Phi) is 5.81. The van der Waals surface area contributed by atoms with Gasteiger partial charge in [0.2, 0.25) is 0 Å². The minimum absolute atomic E-state index is 0.0393. The van der Waals surface area contributed by atoms with Gasteiger partial charge in [-0.25, -0.2) is 0 Å².